The van der Waals surface area contributed by atoms with Crippen molar-refractivity contribution < 1.29 is 9.59 Å². The molecule has 2 aromatic carbocycles. The van der Waals surface area contributed by atoms with Crippen molar-refractivity contribution in [2.45, 2.75) is 45.8 Å². The van der Waals surface area contributed by atoms with Crippen LogP contribution in [0.25, 0.3) is 21.8 Å². The second-order valence-electron chi connectivity index (χ2n) is 7.06. The topological polar surface area (TPSA) is 80.2 Å². The van der Waals surface area contributed by atoms with Crippen LogP contribution in [-0.4, -0.2) is 28.5 Å². The fourth-order valence-corrected chi connectivity index (χ4v) is 3.21. The van der Waals surface area contributed by atoms with E-state index in [2.05, 4.69) is 10.6 Å². The van der Waals surface area contributed by atoms with Crippen LogP contribution in [0.15, 0.2) is 53.3 Å². The number of para-hydroxylation sites is 2. The first kappa shape index (κ1) is 19.6. The molecule has 3 aromatic rings. The largest absolute Gasteiger partial charge is 0.352 e. The molecule has 0 aliphatic heterocycles. The standard InChI is InChI=1S/C22H25N3O3/c1-4-14(2)23-22(28)15(3)24-20(26)13-25-18-11-7-5-9-16(18)21(27)17-10-6-8-12-19(17)25/h5-12,14-15H,4,13H2,1-3H3,(H,23,28)(H,24,26). The molecule has 3 rings (SSSR count). The molecule has 0 bridgehead atoms. The molecule has 0 aliphatic carbocycles. The highest BCUT2D eigenvalue weighted by atomic mass is 16.2. The Kier molecular flexibility index (Phi) is 5.78. The molecular formula is C22H25N3O3. The predicted molar refractivity (Wildman–Crippen MR) is 111 cm³/mol. The number of rotatable bonds is 6. The van der Waals surface area contributed by atoms with Crippen molar-refractivity contribution >= 4 is 33.6 Å². The van der Waals surface area contributed by atoms with Crippen LogP contribution in [-0.2, 0) is 16.1 Å². The zero-order chi connectivity index (χ0) is 20.3. The fraction of sp³-hybridized carbons (Fsp3) is 0.318. The Bertz CT molecular complexity index is 1030. The molecule has 0 saturated carbocycles. The van der Waals surface area contributed by atoms with Crippen molar-refractivity contribution in [3.63, 3.8) is 0 Å². The molecule has 6 heteroatoms. The summed E-state index contributed by atoms with van der Waals surface area (Å²) in [6.45, 7) is 5.59. The molecule has 2 N–H and O–H groups in total. The predicted octanol–water partition coefficient (Wildman–Crippen LogP) is 2.57. The van der Waals surface area contributed by atoms with Crippen LogP contribution >= 0.6 is 0 Å². The number of fused-ring (bicyclic) bond motifs is 2. The van der Waals surface area contributed by atoms with Gasteiger partial charge in [-0.3, -0.25) is 14.4 Å². The summed E-state index contributed by atoms with van der Waals surface area (Å²) >= 11 is 0. The number of hydrogen-bond donors (Lipinski definition) is 2. The van der Waals surface area contributed by atoms with Gasteiger partial charge in [-0.15, -0.1) is 0 Å². The summed E-state index contributed by atoms with van der Waals surface area (Å²) in [6, 6.07) is 13.9. The lowest BCUT2D eigenvalue weighted by Gasteiger charge is -2.19. The van der Waals surface area contributed by atoms with E-state index in [0.29, 0.717) is 21.8 Å². The maximum Gasteiger partial charge on any atom is 0.242 e. The van der Waals surface area contributed by atoms with Gasteiger partial charge < -0.3 is 15.2 Å². The Morgan fingerprint density at radius 3 is 2.00 bits per heavy atom. The van der Waals surface area contributed by atoms with Crippen LogP contribution in [0.4, 0.5) is 0 Å². The quantitative estimate of drug-likeness (QED) is 0.646. The first-order valence-corrected chi connectivity index (χ1v) is 9.52. The highest BCUT2D eigenvalue weighted by molar-refractivity contribution is 5.95. The molecule has 2 unspecified atom stereocenters. The minimum absolute atomic E-state index is 0.0161. The number of amides is 2. The lowest BCUT2D eigenvalue weighted by molar-refractivity contribution is -0.129. The summed E-state index contributed by atoms with van der Waals surface area (Å²) in [5, 5.41) is 6.75. The van der Waals surface area contributed by atoms with E-state index in [9.17, 15) is 14.4 Å². The summed E-state index contributed by atoms with van der Waals surface area (Å²) in [7, 11) is 0. The number of benzene rings is 2. The van der Waals surface area contributed by atoms with Crippen molar-refractivity contribution in [1.82, 2.24) is 15.2 Å². The Balaban J connectivity index is 1.91. The van der Waals surface area contributed by atoms with E-state index < -0.39 is 6.04 Å². The third-order valence-electron chi connectivity index (χ3n) is 4.95. The fourth-order valence-electron chi connectivity index (χ4n) is 3.21. The van der Waals surface area contributed by atoms with E-state index in [0.717, 1.165) is 6.42 Å². The van der Waals surface area contributed by atoms with Crippen molar-refractivity contribution in [2.24, 2.45) is 0 Å². The summed E-state index contributed by atoms with van der Waals surface area (Å²) in [5.41, 5.74) is 1.33. The first-order chi connectivity index (χ1) is 13.4. The zero-order valence-electron chi connectivity index (χ0n) is 16.4. The van der Waals surface area contributed by atoms with Gasteiger partial charge in [0.15, 0.2) is 5.43 Å². The van der Waals surface area contributed by atoms with E-state index in [1.807, 2.05) is 54.8 Å². The van der Waals surface area contributed by atoms with Crippen LogP contribution in [0.3, 0.4) is 0 Å². The number of nitrogens with one attached hydrogen (secondary N) is 2. The summed E-state index contributed by atoms with van der Waals surface area (Å²) < 4.78 is 1.82. The van der Waals surface area contributed by atoms with Crippen molar-refractivity contribution in [3.8, 4) is 0 Å². The van der Waals surface area contributed by atoms with Crippen LogP contribution < -0.4 is 16.1 Å². The number of aromatic nitrogens is 1. The van der Waals surface area contributed by atoms with Gasteiger partial charge in [0, 0.05) is 16.8 Å². The summed E-state index contributed by atoms with van der Waals surface area (Å²) in [4.78, 5) is 37.6. The Morgan fingerprint density at radius 2 is 1.46 bits per heavy atom. The average molecular weight is 379 g/mol. The van der Waals surface area contributed by atoms with E-state index in [1.165, 1.54) is 0 Å². The Hall–Kier alpha value is -3.15. The van der Waals surface area contributed by atoms with Gasteiger partial charge in [0.2, 0.25) is 11.8 Å². The Morgan fingerprint density at radius 1 is 0.929 bits per heavy atom. The number of nitrogens with zero attached hydrogens (tertiary/aromatic N) is 1. The number of hydrogen-bond acceptors (Lipinski definition) is 3. The second-order valence-corrected chi connectivity index (χ2v) is 7.06. The lowest BCUT2D eigenvalue weighted by atomic mass is 10.1. The van der Waals surface area contributed by atoms with Gasteiger partial charge in [-0.2, -0.15) is 0 Å². The van der Waals surface area contributed by atoms with Crippen molar-refractivity contribution in [3.05, 3.63) is 58.8 Å². The van der Waals surface area contributed by atoms with Gasteiger partial charge in [0.1, 0.15) is 12.6 Å². The normalized spacial score (nSPS) is 13.2. The minimum atomic E-state index is -0.640. The Labute approximate surface area is 163 Å². The third-order valence-corrected chi connectivity index (χ3v) is 4.95. The van der Waals surface area contributed by atoms with Gasteiger partial charge >= 0.3 is 0 Å². The highest BCUT2D eigenvalue weighted by Crippen LogP contribution is 2.18. The summed E-state index contributed by atoms with van der Waals surface area (Å²) in [6.07, 6.45) is 0.821. The maximum atomic E-state index is 12.8. The van der Waals surface area contributed by atoms with E-state index in [4.69, 9.17) is 0 Å². The molecule has 2 amide bonds. The van der Waals surface area contributed by atoms with Gasteiger partial charge in [-0.05, 0) is 44.5 Å². The molecule has 146 valence electrons. The smallest absolute Gasteiger partial charge is 0.242 e. The van der Waals surface area contributed by atoms with Gasteiger partial charge in [-0.25, -0.2) is 0 Å². The van der Waals surface area contributed by atoms with Crippen LogP contribution in [0, 0.1) is 0 Å². The monoisotopic (exact) mass is 379 g/mol. The number of carbonyl (C=O) groups excluding carboxylic acids is 2. The maximum absolute atomic E-state index is 12.8. The lowest BCUT2D eigenvalue weighted by Crippen LogP contribution is -2.48. The molecule has 28 heavy (non-hydrogen) atoms. The SMILES string of the molecule is CCC(C)NC(=O)C(C)NC(=O)Cn1c2ccccc2c(=O)c2ccccc21. The minimum Gasteiger partial charge on any atom is -0.352 e. The van der Waals surface area contributed by atoms with Gasteiger partial charge in [0.25, 0.3) is 0 Å². The van der Waals surface area contributed by atoms with E-state index in [1.54, 1.807) is 19.1 Å². The van der Waals surface area contributed by atoms with E-state index in [-0.39, 0.29) is 29.8 Å². The second kappa shape index (κ2) is 8.25. The van der Waals surface area contributed by atoms with Crippen LogP contribution in [0.2, 0.25) is 0 Å². The number of pyridine rings is 1. The molecule has 2 atom stereocenters. The van der Waals surface area contributed by atoms with Crippen LogP contribution in [0.1, 0.15) is 27.2 Å². The van der Waals surface area contributed by atoms with Crippen LogP contribution in [0.5, 0.6) is 0 Å². The molecule has 0 radical (unpaired) electrons. The molecule has 0 spiro atoms. The molecule has 0 saturated heterocycles. The molecular weight excluding hydrogens is 354 g/mol. The molecule has 1 aromatic heterocycles. The van der Waals surface area contributed by atoms with Crippen molar-refractivity contribution in [1.29, 1.82) is 0 Å². The highest BCUT2D eigenvalue weighted by Gasteiger charge is 2.18. The van der Waals surface area contributed by atoms with Gasteiger partial charge in [0.05, 0.1) is 11.0 Å². The molecule has 0 aliphatic rings. The zero-order valence-corrected chi connectivity index (χ0v) is 16.4. The van der Waals surface area contributed by atoms with E-state index >= 15 is 0 Å². The molecule has 6 nitrogen and oxygen atoms in total. The summed E-state index contributed by atoms with van der Waals surface area (Å²) in [5.74, 6) is -0.497. The molecule has 0 fully saturated rings. The third kappa shape index (κ3) is 3.91. The number of carbonyl (C=O) groups is 2. The van der Waals surface area contributed by atoms with Crippen molar-refractivity contribution in [2.75, 3.05) is 0 Å². The average Bonchev–Trinajstić information content (AvgIpc) is 2.70. The molecule has 1 heterocycles. The van der Waals surface area contributed by atoms with Gasteiger partial charge in [-0.1, -0.05) is 31.2 Å². The first-order valence-electron chi connectivity index (χ1n) is 9.52.